The van der Waals surface area contributed by atoms with Gasteiger partial charge in [0.15, 0.2) is 0 Å². The highest BCUT2D eigenvalue weighted by atomic mass is 32.1. The molecule has 3 heteroatoms. The van der Waals surface area contributed by atoms with Crippen molar-refractivity contribution in [2.75, 3.05) is 6.61 Å². The second-order valence-electron chi connectivity index (χ2n) is 7.92. The fourth-order valence-electron chi connectivity index (χ4n) is 4.12. The number of ether oxygens (including phenoxy) is 1. The summed E-state index contributed by atoms with van der Waals surface area (Å²) >= 11 is 1.78. The number of rotatable bonds is 6. The number of nitrogens with zero attached hydrogens (tertiary/aromatic N) is 1. The van der Waals surface area contributed by atoms with Gasteiger partial charge in [-0.1, -0.05) is 25.1 Å². The second kappa shape index (κ2) is 8.08. The smallest absolute Gasteiger partial charge is 0.123 e. The Labute approximate surface area is 172 Å². The molecule has 1 aromatic heterocycles. The normalized spacial score (nSPS) is 15.6. The van der Waals surface area contributed by atoms with Crippen molar-refractivity contribution in [3.05, 3.63) is 69.2 Å². The molecule has 0 aliphatic heterocycles. The number of benzene rings is 2. The molecule has 1 heterocycles. The van der Waals surface area contributed by atoms with Crippen LogP contribution in [0, 0.1) is 20.8 Å². The number of aryl methyl sites for hydroxylation is 4. The van der Waals surface area contributed by atoms with Crippen molar-refractivity contribution < 1.29 is 4.74 Å². The molecule has 1 atom stereocenters. The minimum atomic E-state index is 0.674. The Bertz CT molecular complexity index is 988. The van der Waals surface area contributed by atoms with Crippen LogP contribution in [0.4, 0.5) is 0 Å². The lowest BCUT2D eigenvalue weighted by Crippen LogP contribution is -2.03. The van der Waals surface area contributed by atoms with Crippen molar-refractivity contribution in [1.82, 2.24) is 4.98 Å². The molecule has 0 saturated heterocycles. The van der Waals surface area contributed by atoms with Crippen molar-refractivity contribution >= 4 is 11.3 Å². The van der Waals surface area contributed by atoms with E-state index in [9.17, 15) is 0 Å². The SMILES string of the molecule is CCC1CCc2cc(OCCc3nc(-c4ccc(C)c(C)c4)sc3C)ccc21. The third-order valence-electron chi connectivity index (χ3n) is 6.06. The number of aromatic nitrogens is 1. The molecule has 0 saturated carbocycles. The predicted octanol–water partition coefficient (Wildman–Crippen LogP) is 6.80. The summed E-state index contributed by atoms with van der Waals surface area (Å²) in [5, 5.41) is 1.11. The predicted molar refractivity (Wildman–Crippen MR) is 119 cm³/mol. The minimum absolute atomic E-state index is 0.674. The van der Waals surface area contributed by atoms with Gasteiger partial charge in [-0.2, -0.15) is 0 Å². The Morgan fingerprint density at radius 2 is 1.93 bits per heavy atom. The Morgan fingerprint density at radius 3 is 2.71 bits per heavy atom. The maximum absolute atomic E-state index is 6.07. The zero-order valence-corrected chi connectivity index (χ0v) is 18.2. The van der Waals surface area contributed by atoms with Crippen molar-refractivity contribution in [3.8, 4) is 16.3 Å². The molecule has 3 aromatic rings. The Balaban J connectivity index is 1.41. The van der Waals surface area contributed by atoms with Gasteiger partial charge >= 0.3 is 0 Å². The van der Waals surface area contributed by atoms with E-state index in [1.165, 1.54) is 52.0 Å². The van der Waals surface area contributed by atoms with E-state index in [0.717, 1.165) is 28.8 Å². The van der Waals surface area contributed by atoms with Crippen LogP contribution >= 0.6 is 11.3 Å². The van der Waals surface area contributed by atoms with E-state index in [1.54, 1.807) is 11.3 Å². The van der Waals surface area contributed by atoms with Crippen molar-refractivity contribution in [1.29, 1.82) is 0 Å². The molecule has 0 N–H and O–H groups in total. The number of fused-ring (bicyclic) bond motifs is 1. The molecule has 28 heavy (non-hydrogen) atoms. The van der Waals surface area contributed by atoms with E-state index in [4.69, 9.17) is 9.72 Å². The molecule has 0 amide bonds. The monoisotopic (exact) mass is 391 g/mol. The molecular weight excluding hydrogens is 362 g/mol. The summed E-state index contributed by atoms with van der Waals surface area (Å²) in [7, 11) is 0. The first-order valence-corrected chi connectivity index (χ1v) is 11.2. The van der Waals surface area contributed by atoms with E-state index < -0.39 is 0 Å². The number of hydrogen-bond acceptors (Lipinski definition) is 3. The van der Waals surface area contributed by atoms with Gasteiger partial charge in [-0.05, 0) is 86.4 Å². The van der Waals surface area contributed by atoms with E-state index in [-0.39, 0.29) is 0 Å². The van der Waals surface area contributed by atoms with Gasteiger partial charge in [-0.25, -0.2) is 4.98 Å². The van der Waals surface area contributed by atoms with Crippen LogP contribution in [0.15, 0.2) is 36.4 Å². The first-order chi connectivity index (χ1) is 13.5. The molecule has 2 aromatic carbocycles. The topological polar surface area (TPSA) is 22.1 Å². The molecule has 0 radical (unpaired) electrons. The highest BCUT2D eigenvalue weighted by Gasteiger charge is 2.21. The van der Waals surface area contributed by atoms with Crippen LogP contribution in [0.25, 0.3) is 10.6 Å². The summed E-state index contributed by atoms with van der Waals surface area (Å²) in [4.78, 5) is 6.19. The van der Waals surface area contributed by atoms with Gasteiger partial charge in [0.25, 0.3) is 0 Å². The van der Waals surface area contributed by atoms with Crippen molar-refractivity contribution in [3.63, 3.8) is 0 Å². The fourth-order valence-corrected chi connectivity index (χ4v) is 5.08. The molecule has 0 fully saturated rings. The van der Waals surface area contributed by atoms with Gasteiger partial charge in [0, 0.05) is 16.9 Å². The van der Waals surface area contributed by atoms with Gasteiger partial charge in [-0.3, -0.25) is 0 Å². The van der Waals surface area contributed by atoms with Gasteiger partial charge in [-0.15, -0.1) is 11.3 Å². The quantitative estimate of drug-likeness (QED) is 0.461. The lowest BCUT2D eigenvalue weighted by atomic mass is 9.99. The van der Waals surface area contributed by atoms with Crippen LogP contribution in [-0.2, 0) is 12.8 Å². The number of thiazole rings is 1. The molecule has 0 spiro atoms. The first kappa shape index (κ1) is 19.2. The Morgan fingerprint density at radius 1 is 1.07 bits per heavy atom. The first-order valence-electron chi connectivity index (χ1n) is 10.3. The van der Waals surface area contributed by atoms with Crippen molar-refractivity contribution in [2.24, 2.45) is 0 Å². The third kappa shape index (κ3) is 3.86. The summed E-state index contributed by atoms with van der Waals surface area (Å²) in [5.74, 6) is 1.74. The van der Waals surface area contributed by atoms with Gasteiger partial charge in [0.2, 0.25) is 0 Å². The Hall–Kier alpha value is -2.13. The Kier molecular flexibility index (Phi) is 5.54. The van der Waals surface area contributed by atoms with E-state index >= 15 is 0 Å². The molecular formula is C25H29NOS. The van der Waals surface area contributed by atoms with E-state index in [0.29, 0.717) is 6.61 Å². The fraction of sp³-hybridized carbons (Fsp3) is 0.400. The average molecular weight is 392 g/mol. The van der Waals surface area contributed by atoms with Gasteiger partial charge in [0.1, 0.15) is 10.8 Å². The maximum Gasteiger partial charge on any atom is 0.123 e. The minimum Gasteiger partial charge on any atom is -0.493 e. The largest absolute Gasteiger partial charge is 0.493 e. The standard InChI is InChI=1S/C25H29NOS/c1-5-19-8-9-20-15-22(10-11-23(19)20)27-13-12-24-18(4)28-25(26-24)21-7-6-16(2)17(3)14-21/h6-7,10-11,14-15,19H,5,8-9,12-13H2,1-4H3. The zero-order valence-electron chi connectivity index (χ0n) is 17.3. The maximum atomic E-state index is 6.07. The van der Waals surface area contributed by atoms with Crippen molar-refractivity contribution in [2.45, 2.75) is 59.3 Å². The summed E-state index contributed by atoms with van der Waals surface area (Å²) in [5.41, 5.74) is 8.02. The summed E-state index contributed by atoms with van der Waals surface area (Å²) in [6, 6.07) is 13.3. The lowest BCUT2D eigenvalue weighted by Gasteiger charge is -2.10. The highest BCUT2D eigenvalue weighted by Crippen LogP contribution is 2.37. The van der Waals surface area contributed by atoms with Crippen LogP contribution in [0.2, 0.25) is 0 Å². The molecule has 0 bridgehead atoms. The molecule has 1 unspecified atom stereocenters. The van der Waals surface area contributed by atoms with Crippen LogP contribution in [0.1, 0.15) is 58.5 Å². The summed E-state index contributed by atoms with van der Waals surface area (Å²) in [6.07, 6.45) is 4.56. The van der Waals surface area contributed by atoms with Crippen LogP contribution in [0.5, 0.6) is 5.75 Å². The van der Waals surface area contributed by atoms with E-state index in [2.05, 4.69) is 64.1 Å². The van der Waals surface area contributed by atoms with Crippen LogP contribution in [-0.4, -0.2) is 11.6 Å². The zero-order chi connectivity index (χ0) is 19.7. The second-order valence-corrected chi connectivity index (χ2v) is 9.13. The van der Waals surface area contributed by atoms with Crippen LogP contribution in [0.3, 0.4) is 0 Å². The third-order valence-corrected chi connectivity index (χ3v) is 7.13. The van der Waals surface area contributed by atoms with Gasteiger partial charge in [0.05, 0.1) is 12.3 Å². The summed E-state index contributed by atoms with van der Waals surface area (Å²) < 4.78 is 6.07. The highest BCUT2D eigenvalue weighted by molar-refractivity contribution is 7.15. The average Bonchev–Trinajstić information content (AvgIpc) is 3.27. The van der Waals surface area contributed by atoms with Crippen LogP contribution < -0.4 is 4.74 Å². The lowest BCUT2D eigenvalue weighted by molar-refractivity contribution is 0.320. The molecule has 1 aliphatic carbocycles. The van der Waals surface area contributed by atoms with Gasteiger partial charge < -0.3 is 4.74 Å². The number of hydrogen-bond donors (Lipinski definition) is 0. The summed E-state index contributed by atoms with van der Waals surface area (Å²) in [6.45, 7) is 9.43. The molecule has 146 valence electrons. The molecule has 4 rings (SSSR count). The molecule has 2 nitrogen and oxygen atoms in total. The van der Waals surface area contributed by atoms with E-state index in [1.807, 2.05) is 0 Å². The molecule has 1 aliphatic rings.